The lowest BCUT2D eigenvalue weighted by atomic mass is 10.1. The molecule has 1 aliphatic carbocycles. The van der Waals surface area contributed by atoms with Gasteiger partial charge in [-0.3, -0.25) is 0 Å². The van der Waals surface area contributed by atoms with Crippen LogP contribution in [0, 0.1) is 5.92 Å². The molecule has 2 rings (SSSR count). The zero-order valence-electron chi connectivity index (χ0n) is 10.8. The van der Waals surface area contributed by atoms with Gasteiger partial charge < -0.3 is 14.6 Å². The molecule has 1 aromatic heterocycles. The molecule has 0 aromatic carbocycles. The SMILES string of the molecule is CCC(Cc1nc(C(OC)C2CC2)no1)NC. The molecule has 2 unspecified atom stereocenters. The lowest BCUT2D eigenvalue weighted by molar-refractivity contribution is 0.0751. The standard InChI is InChI=1S/C12H21N3O2/c1-4-9(13-2)7-10-14-12(15-17-10)11(16-3)8-5-6-8/h8-9,11,13H,4-7H2,1-3H3. The minimum absolute atomic E-state index is 0.0159. The summed E-state index contributed by atoms with van der Waals surface area (Å²) in [6.07, 6.45) is 4.25. The molecule has 1 N–H and O–H groups in total. The number of nitrogens with zero attached hydrogens (tertiary/aromatic N) is 2. The number of hydrogen-bond donors (Lipinski definition) is 1. The molecule has 1 saturated carbocycles. The third kappa shape index (κ3) is 3.04. The highest BCUT2D eigenvalue weighted by atomic mass is 16.5. The molecule has 1 fully saturated rings. The van der Waals surface area contributed by atoms with E-state index in [4.69, 9.17) is 9.26 Å². The van der Waals surface area contributed by atoms with Crippen molar-refractivity contribution in [3.8, 4) is 0 Å². The number of methoxy groups -OCH3 is 1. The summed E-state index contributed by atoms with van der Waals surface area (Å²) in [4.78, 5) is 4.44. The van der Waals surface area contributed by atoms with E-state index in [0.717, 1.165) is 12.8 Å². The maximum Gasteiger partial charge on any atom is 0.228 e. The van der Waals surface area contributed by atoms with E-state index in [0.29, 0.717) is 23.7 Å². The van der Waals surface area contributed by atoms with E-state index < -0.39 is 0 Å². The van der Waals surface area contributed by atoms with Gasteiger partial charge >= 0.3 is 0 Å². The number of ether oxygens (including phenoxy) is 1. The highest BCUT2D eigenvalue weighted by molar-refractivity contribution is 4.99. The second kappa shape index (κ2) is 5.60. The van der Waals surface area contributed by atoms with Crippen molar-refractivity contribution in [1.29, 1.82) is 0 Å². The van der Waals surface area contributed by atoms with Gasteiger partial charge in [-0.15, -0.1) is 0 Å². The highest BCUT2D eigenvalue weighted by Crippen LogP contribution is 2.41. The van der Waals surface area contributed by atoms with Crippen molar-refractivity contribution in [3.63, 3.8) is 0 Å². The Kier molecular flexibility index (Phi) is 4.12. The van der Waals surface area contributed by atoms with Gasteiger partial charge in [-0.2, -0.15) is 4.98 Å². The summed E-state index contributed by atoms with van der Waals surface area (Å²) >= 11 is 0. The summed E-state index contributed by atoms with van der Waals surface area (Å²) in [5.41, 5.74) is 0. The van der Waals surface area contributed by atoms with E-state index in [1.54, 1.807) is 7.11 Å². The van der Waals surface area contributed by atoms with Crippen LogP contribution >= 0.6 is 0 Å². The Hall–Kier alpha value is -0.940. The molecule has 0 amide bonds. The Morgan fingerprint density at radius 2 is 2.29 bits per heavy atom. The van der Waals surface area contributed by atoms with Gasteiger partial charge in [0.25, 0.3) is 0 Å². The zero-order valence-corrected chi connectivity index (χ0v) is 10.8. The second-order valence-corrected chi connectivity index (χ2v) is 4.64. The van der Waals surface area contributed by atoms with Crippen LogP contribution in [0.25, 0.3) is 0 Å². The van der Waals surface area contributed by atoms with Crippen LogP contribution in [-0.2, 0) is 11.2 Å². The van der Waals surface area contributed by atoms with Crippen molar-refractivity contribution in [1.82, 2.24) is 15.5 Å². The quantitative estimate of drug-likeness (QED) is 0.785. The van der Waals surface area contributed by atoms with Crippen LogP contribution < -0.4 is 5.32 Å². The first-order valence-corrected chi connectivity index (χ1v) is 6.31. The Morgan fingerprint density at radius 1 is 1.53 bits per heavy atom. The van der Waals surface area contributed by atoms with Crippen LogP contribution in [0.2, 0.25) is 0 Å². The number of aromatic nitrogens is 2. The first kappa shape index (κ1) is 12.5. The number of nitrogens with one attached hydrogen (secondary N) is 1. The summed E-state index contributed by atoms with van der Waals surface area (Å²) in [6.45, 7) is 2.14. The smallest absolute Gasteiger partial charge is 0.228 e. The zero-order chi connectivity index (χ0) is 12.3. The average molecular weight is 239 g/mol. The van der Waals surface area contributed by atoms with E-state index in [1.807, 2.05) is 7.05 Å². The van der Waals surface area contributed by atoms with Gasteiger partial charge in [0.1, 0.15) is 6.10 Å². The predicted octanol–water partition coefficient (Wildman–Crippen LogP) is 1.71. The van der Waals surface area contributed by atoms with Crippen LogP contribution in [0.15, 0.2) is 4.52 Å². The van der Waals surface area contributed by atoms with Gasteiger partial charge in [-0.25, -0.2) is 0 Å². The average Bonchev–Trinajstić information content (AvgIpc) is 3.07. The fourth-order valence-corrected chi connectivity index (χ4v) is 2.04. The number of hydrogen-bond acceptors (Lipinski definition) is 5. The molecule has 1 aliphatic rings. The topological polar surface area (TPSA) is 60.2 Å². The third-order valence-electron chi connectivity index (χ3n) is 3.36. The monoisotopic (exact) mass is 239 g/mol. The molecule has 0 aliphatic heterocycles. The van der Waals surface area contributed by atoms with Gasteiger partial charge in [0.15, 0.2) is 0 Å². The van der Waals surface area contributed by atoms with E-state index in [-0.39, 0.29) is 6.10 Å². The highest BCUT2D eigenvalue weighted by Gasteiger charge is 2.35. The van der Waals surface area contributed by atoms with Crippen LogP contribution in [0.5, 0.6) is 0 Å². The molecule has 1 aromatic rings. The van der Waals surface area contributed by atoms with Gasteiger partial charge in [-0.05, 0) is 32.2 Å². The van der Waals surface area contributed by atoms with Crippen LogP contribution in [-0.4, -0.2) is 30.3 Å². The fraction of sp³-hybridized carbons (Fsp3) is 0.833. The van der Waals surface area contributed by atoms with Crippen molar-refractivity contribution in [2.45, 2.75) is 44.8 Å². The summed E-state index contributed by atoms with van der Waals surface area (Å²) < 4.78 is 10.7. The molecule has 0 radical (unpaired) electrons. The first-order valence-electron chi connectivity index (χ1n) is 6.31. The van der Waals surface area contributed by atoms with Crippen molar-refractivity contribution in [3.05, 3.63) is 11.7 Å². The third-order valence-corrected chi connectivity index (χ3v) is 3.36. The van der Waals surface area contributed by atoms with Crippen LogP contribution in [0.3, 0.4) is 0 Å². The normalized spacial score (nSPS) is 19.2. The van der Waals surface area contributed by atoms with Crippen molar-refractivity contribution in [2.24, 2.45) is 5.92 Å². The lowest BCUT2D eigenvalue weighted by Gasteiger charge is -2.10. The van der Waals surface area contributed by atoms with Crippen molar-refractivity contribution < 1.29 is 9.26 Å². The summed E-state index contributed by atoms with van der Waals surface area (Å²) in [5.74, 6) is 1.98. The summed E-state index contributed by atoms with van der Waals surface area (Å²) in [6, 6.07) is 0.394. The molecule has 0 bridgehead atoms. The molecule has 5 heteroatoms. The van der Waals surface area contributed by atoms with Crippen LogP contribution in [0.1, 0.15) is 44.0 Å². The first-order chi connectivity index (χ1) is 8.28. The van der Waals surface area contributed by atoms with Crippen molar-refractivity contribution >= 4 is 0 Å². The predicted molar refractivity (Wildman–Crippen MR) is 63.6 cm³/mol. The van der Waals surface area contributed by atoms with Crippen LogP contribution in [0.4, 0.5) is 0 Å². The molecule has 0 spiro atoms. The minimum atomic E-state index is 0.0159. The summed E-state index contributed by atoms with van der Waals surface area (Å²) in [7, 11) is 3.66. The fourth-order valence-electron chi connectivity index (χ4n) is 2.04. The Bertz CT molecular complexity index is 345. The Labute approximate surface area is 102 Å². The molecule has 17 heavy (non-hydrogen) atoms. The van der Waals surface area contributed by atoms with E-state index in [9.17, 15) is 0 Å². The van der Waals surface area contributed by atoms with Gasteiger partial charge in [0.2, 0.25) is 11.7 Å². The Morgan fingerprint density at radius 3 is 2.82 bits per heavy atom. The number of likely N-dealkylation sites (N-methyl/N-ethyl adjacent to an activating group) is 1. The van der Waals surface area contributed by atoms with Gasteiger partial charge in [0, 0.05) is 19.6 Å². The molecule has 96 valence electrons. The molecular weight excluding hydrogens is 218 g/mol. The molecule has 5 nitrogen and oxygen atoms in total. The summed E-state index contributed by atoms with van der Waals surface area (Å²) in [5, 5.41) is 7.26. The minimum Gasteiger partial charge on any atom is -0.373 e. The van der Waals surface area contributed by atoms with Crippen molar-refractivity contribution in [2.75, 3.05) is 14.2 Å². The second-order valence-electron chi connectivity index (χ2n) is 4.64. The maximum absolute atomic E-state index is 5.43. The maximum atomic E-state index is 5.43. The largest absolute Gasteiger partial charge is 0.373 e. The number of rotatable bonds is 7. The molecular formula is C12H21N3O2. The van der Waals surface area contributed by atoms with E-state index in [1.165, 1.54) is 12.8 Å². The Balaban J connectivity index is 1.99. The van der Waals surface area contributed by atoms with Gasteiger partial charge in [0.05, 0.1) is 0 Å². The molecule has 1 heterocycles. The molecule has 2 atom stereocenters. The molecule has 0 saturated heterocycles. The lowest BCUT2D eigenvalue weighted by Crippen LogP contribution is -2.26. The van der Waals surface area contributed by atoms with Gasteiger partial charge in [-0.1, -0.05) is 12.1 Å². The van der Waals surface area contributed by atoms with E-state index in [2.05, 4.69) is 22.4 Å². The van der Waals surface area contributed by atoms with E-state index >= 15 is 0 Å².